The fourth-order valence-electron chi connectivity index (χ4n) is 8.21. The molecule has 11 aromatic rings. The van der Waals surface area contributed by atoms with Crippen LogP contribution in [0.4, 0.5) is 0 Å². The van der Waals surface area contributed by atoms with E-state index in [0.29, 0.717) is 0 Å². The molecule has 51 heavy (non-hydrogen) atoms. The third kappa shape index (κ3) is 4.19. The first kappa shape index (κ1) is 28.0. The van der Waals surface area contributed by atoms with Crippen molar-refractivity contribution in [3.8, 4) is 33.6 Å². The van der Waals surface area contributed by atoms with Crippen LogP contribution in [0.5, 0.6) is 0 Å². The number of aromatic nitrogens is 2. The average molecular weight is 651 g/mol. The molecule has 11 rings (SSSR count). The van der Waals surface area contributed by atoms with Crippen molar-refractivity contribution in [2.75, 3.05) is 0 Å². The summed E-state index contributed by atoms with van der Waals surface area (Å²) < 4.78 is 11.5. The zero-order valence-electron chi connectivity index (χ0n) is 27.6. The molecule has 3 aromatic heterocycles. The largest absolute Gasteiger partial charge is 0.455 e. The lowest BCUT2D eigenvalue weighted by atomic mass is 10.00. The summed E-state index contributed by atoms with van der Waals surface area (Å²) in [5.41, 5.74) is 13.5. The molecular weight excluding hydrogens is 621 g/mol. The third-order valence-corrected chi connectivity index (χ3v) is 10.5. The van der Waals surface area contributed by atoms with E-state index in [2.05, 4.69) is 191 Å². The molecule has 0 unspecified atom stereocenters. The maximum absolute atomic E-state index is 6.71. The van der Waals surface area contributed by atoms with Crippen molar-refractivity contribution in [1.82, 2.24) is 9.13 Å². The smallest absolute Gasteiger partial charge is 0.143 e. The molecule has 0 fully saturated rings. The maximum atomic E-state index is 6.71. The van der Waals surface area contributed by atoms with E-state index < -0.39 is 0 Å². The highest BCUT2D eigenvalue weighted by molar-refractivity contribution is 6.14. The van der Waals surface area contributed by atoms with Crippen molar-refractivity contribution >= 4 is 65.6 Å². The summed E-state index contributed by atoms with van der Waals surface area (Å²) in [5, 5.41) is 7.18. The molecule has 0 radical (unpaired) electrons. The van der Waals surface area contributed by atoms with E-state index >= 15 is 0 Å². The van der Waals surface area contributed by atoms with Crippen LogP contribution >= 0.6 is 0 Å². The first-order chi connectivity index (χ1) is 25.3. The molecule has 238 valence electrons. The highest BCUT2D eigenvalue weighted by Gasteiger charge is 2.18. The molecule has 0 bridgehead atoms. The minimum atomic E-state index is 0.884. The predicted molar refractivity (Wildman–Crippen MR) is 213 cm³/mol. The number of rotatable bonds is 4. The molecule has 0 aliphatic heterocycles. The summed E-state index contributed by atoms with van der Waals surface area (Å²) >= 11 is 0. The standard InChI is InChI=1S/C48H30N2O/c1-3-12-31(13-4-1)32-22-25-46-40(28-32)37-16-8-10-21-44(37)50(46)35-24-27-47-42(30-35)39-19-11-18-36(48(39)51-47)33-23-26-45-41(29-33)38-17-7-9-20-43(38)49(45)34-14-5-2-6-15-34/h1-30H. The Bertz CT molecular complexity index is 3130. The quantitative estimate of drug-likeness (QED) is 0.186. The summed E-state index contributed by atoms with van der Waals surface area (Å²) in [6.45, 7) is 0. The van der Waals surface area contributed by atoms with Gasteiger partial charge in [0.05, 0.1) is 22.1 Å². The fourth-order valence-corrected chi connectivity index (χ4v) is 8.21. The SMILES string of the molecule is c1ccc(-c2ccc3c(c2)c2ccccc2n3-c2ccc3oc4c(-c5ccc6c(c5)c5ccccc5n6-c5ccccc5)cccc4c3c2)cc1. The van der Waals surface area contributed by atoms with Gasteiger partial charge >= 0.3 is 0 Å². The van der Waals surface area contributed by atoms with Gasteiger partial charge in [-0.15, -0.1) is 0 Å². The zero-order chi connectivity index (χ0) is 33.5. The van der Waals surface area contributed by atoms with E-state index in [4.69, 9.17) is 4.42 Å². The molecule has 0 aliphatic rings. The summed E-state index contributed by atoms with van der Waals surface area (Å²) in [7, 11) is 0. The Morgan fingerprint density at radius 3 is 1.61 bits per heavy atom. The van der Waals surface area contributed by atoms with Crippen molar-refractivity contribution in [2.24, 2.45) is 0 Å². The minimum Gasteiger partial charge on any atom is -0.455 e. The Morgan fingerprint density at radius 1 is 0.314 bits per heavy atom. The van der Waals surface area contributed by atoms with Crippen LogP contribution < -0.4 is 0 Å². The van der Waals surface area contributed by atoms with Crippen LogP contribution in [0.25, 0.3) is 99.2 Å². The Morgan fingerprint density at radius 2 is 0.882 bits per heavy atom. The van der Waals surface area contributed by atoms with E-state index in [0.717, 1.165) is 44.4 Å². The second-order valence-corrected chi connectivity index (χ2v) is 13.3. The third-order valence-electron chi connectivity index (χ3n) is 10.5. The van der Waals surface area contributed by atoms with Crippen LogP contribution in [-0.4, -0.2) is 9.13 Å². The molecule has 8 aromatic carbocycles. The monoisotopic (exact) mass is 650 g/mol. The molecule has 0 atom stereocenters. The highest BCUT2D eigenvalue weighted by atomic mass is 16.3. The lowest BCUT2D eigenvalue weighted by Gasteiger charge is -2.09. The van der Waals surface area contributed by atoms with Crippen LogP contribution in [0.15, 0.2) is 186 Å². The van der Waals surface area contributed by atoms with Gasteiger partial charge in [-0.2, -0.15) is 0 Å². The van der Waals surface area contributed by atoms with Crippen LogP contribution in [-0.2, 0) is 0 Å². The van der Waals surface area contributed by atoms with Gasteiger partial charge in [0.2, 0.25) is 0 Å². The number of hydrogen-bond acceptors (Lipinski definition) is 1. The van der Waals surface area contributed by atoms with E-state index in [1.165, 1.54) is 54.7 Å². The molecular formula is C48H30N2O. The molecule has 0 saturated carbocycles. The first-order valence-electron chi connectivity index (χ1n) is 17.4. The molecule has 0 saturated heterocycles. The number of benzene rings is 8. The Labute approximate surface area is 293 Å². The van der Waals surface area contributed by atoms with E-state index in [1.807, 2.05) is 0 Å². The van der Waals surface area contributed by atoms with Gasteiger partial charge in [-0.3, -0.25) is 0 Å². The molecule has 0 amide bonds. The maximum Gasteiger partial charge on any atom is 0.143 e. The van der Waals surface area contributed by atoms with Crippen LogP contribution in [0.1, 0.15) is 0 Å². The summed E-state index contributed by atoms with van der Waals surface area (Å²) in [4.78, 5) is 0. The van der Waals surface area contributed by atoms with Crippen molar-refractivity contribution < 1.29 is 4.42 Å². The van der Waals surface area contributed by atoms with Gasteiger partial charge in [-0.05, 0) is 83.4 Å². The summed E-state index contributed by atoms with van der Waals surface area (Å²) in [6, 6.07) is 65.4. The molecule has 3 heterocycles. The zero-order valence-corrected chi connectivity index (χ0v) is 27.6. The second kappa shape index (κ2) is 10.8. The predicted octanol–water partition coefficient (Wildman–Crippen LogP) is 13.1. The topological polar surface area (TPSA) is 23.0 Å². The Hall–Kier alpha value is -6.84. The van der Waals surface area contributed by atoms with Crippen LogP contribution in [0.3, 0.4) is 0 Å². The van der Waals surface area contributed by atoms with E-state index in [1.54, 1.807) is 0 Å². The molecule has 0 aliphatic carbocycles. The van der Waals surface area contributed by atoms with Gasteiger partial charge in [0.25, 0.3) is 0 Å². The Balaban J connectivity index is 1.08. The number of nitrogens with zero attached hydrogens (tertiary/aromatic N) is 2. The van der Waals surface area contributed by atoms with Gasteiger partial charge in [0.15, 0.2) is 0 Å². The van der Waals surface area contributed by atoms with Crippen molar-refractivity contribution in [2.45, 2.75) is 0 Å². The number of fused-ring (bicyclic) bond motifs is 9. The highest BCUT2D eigenvalue weighted by Crippen LogP contribution is 2.41. The molecule has 3 nitrogen and oxygen atoms in total. The number of hydrogen-bond donors (Lipinski definition) is 0. The normalized spacial score (nSPS) is 11.9. The lowest BCUT2D eigenvalue weighted by molar-refractivity contribution is 0.670. The second-order valence-electron chi connectivity index (χ2n) is 13.3. The minimum absolute atomic E-state index is 0.884. The number of para-hydroxylation sites is 4. The van der Waals surface area contributed by atoms with Crippen molar-refractivity contribution in [3.05, 3.63) is 182 Å². The van der Waals surface area contributed by atoms with Gasteiger partial charge < -0.3 is 13.6 Å². The van der Waals surface area contributed by atoms with Gasteiger partial charge in [0.1, 0.15) is 11.2 Å². The van der Waals surface area contributed by atoms with Gasteiger partial charge in [-0.1, -0.05) is 115 Å². The molecule has 3 heteroatoms. The van der Waals surface area contributed by atoms with E-state index in [-0.39, 0.29) is 0 Å². The van der Waals surface area contributed by atoms with Gasteiger partial charge in [-0.25, -0.2) is 0 Å². The first-order valence-corrected chi connectivity index (χ1v) is 17.4. The summed E-state index contributed by atoms with van der Waals surface area (Å²) in [6.07, 6.45) is 0. The summed E-state index contributed by atoms with van der Waals surface area (Å²) in [5.74, 6) is 0. The van der Waals surface area contributed by atoms with Crippen molar-refractivity contribution in [1.29, 1.82) is 0 Å². The lowest BCUT2D eigenvalue weighted by Crippen LogP contribution is -1.93. The number of furan rings is 1. The van der Waals surface area contributed by atoms with Crippen LogP contribution in [0.2, 0.25) is 0 Å². The molecule has 0 N–H and O–H groups in total. The van der Waals surface area contributed by atoms with Crippen molar-refractivity contribution in [3.63, 3.8) is 0 Å². The Kier molecular flexibility index (Phi) is 5.96. The van der Waals surface area contributed by atoms with Gasteiger partial charge in [0, 0.05) is 49.3 Å². The molecule has 0 spiro atoms. The average Bonchev–Trinajstić information content (AvgIpc) is 3.85. The fraction of sp³-hybridized carbons (Fsp3) is 0. The van der Waals surface area contributed by atoms with Crippen LogP contribution in [0, 0.1) is 0 Å². The van der Waals surface area contributed by atoms with E-state index in [9.17, 15) is 0 Å².